The summed E-state index contributed by atoms with van der Waals surface area (Å²) in [5.74, 6) is -0.884. The molecule has 0 fully saturated rings. The lowest BCUT2D eigenvalue weighted by Crippen LogP contribution is -2.23. The Balaban J connectivity index is 1.46. The summed E-state index contributed by atoms with van der Waals surface area (Å²) < 4.78 is 12.9. The van der Waals surface area contributed by atoms with Crippen molar-refractivity contribution in [3.05, 3.63) is 75.5 Å². The number of carbonyl (C=O) groups excluding carboxylic acids is 2. The molecule has 3 rings (SSSR count). The summed E-state index contributed by atoms with van der Waals surface area (Å²) in [4.78, 5) is 24.2. The lowest BCUT2D eigenvalue weighted by molar-refractivity contribution is -0.121. The van der Waals surface area contributed by atoms with Gasteiger partial charge in [-0.05, 0) is 36.8 Å². The number of amides is 2. The Morgan fingerprint density at radius 2 is 1.89 bits per heavy atom. The van der Waals surface area contributed by atoms with Crippen molar-refractivity contribution in [2.75, 3.05) is 5.32 Å². The highest BCUT2D eigenvalue weighted by molar-refractivity contribution is 7.13. The van der Waals surface area contributed by atoms with E-state index in [4.69, 9.17) is 0 Å². The van der Waals surface area contributed by atoms with Crippen LogP contribution in [0.2, 0.25) is 0 Å². The van der Waals surface area contributed by atoms with Crippen LogP contribution in [-0.4, -0.2) is 22.0 Å². The Labute approximate surface area is 165 Å². The fraction of sp³-hybridized carbons (Fsp3) is 0.200. The molecular weight excluding hydrogens is 379 g/mol. The number of aryl methyl sites for hydroxylation is 2. The Kier molecular flexibility index (Phi) is 6.44. The lowest BCUT2D eigenvalue weighted by atomic mass is 10.1. The second kappa shape index (κ2) is 9.18. The summed E-state index contributed by atoms with van der Waals surface area (Å²) in [5, 5.41) is 14.1. The Morgan fingerprint density at radius 1 is 1.11 bits per heavy atom. The number of aromatic nitrogens is 2. The second-order valence-electron chi connectivity index (χ2n) is 6.23. The quantitative estimate of drug-likeness (QED) is 0.638. The maximum Gasteiger partial charge on any atom is 0.286 e. The van der Waals surface area contributed by atoms with Crippen molar-refractivity contribution in [3.63, 3.8) is 0 Å². The third-order valence-electron chi connectivity index (χ3n) is 3.90. The van der Waals surface area contributed by atoms with E-state index in [-0.39, 0.29) is 23.2 Å². The average molecular weight is 398 g/mol. The minimum atomic E-state index is -0.417. The highest BCUT2D eigenvalue weighted by atomic mass is 32.1. The van der Waals surface area contributed by atoms with E-state index < -0.39 is 5.91 Å². The molecule has 0 unspecified atom stereocenters. The summed E-state index contributed by atoms with van der Waals surface area (Å²) >= 11 is 1.13. The van der Waals surface area contributed by atoms with Crippen LogP contribution < -0.4 is 10.6 Å². The maximum atomic E-state index is 12.9. The molecule has 2 aromatic carbocycles. The molecule has 0 bridgehead atoms. The van der Waals surface area contributed by atoms with Gasteiger partial charge in [0.05, 0.1) is 0 Å². The van der Waals surface area contributed by atoms with Gasteiger partial charge in [0.1, 0.15) is 10.8 Å². The number of halogens is 1. The van der Waals surface area contributed by atoms with Crippen LogP contribution in [0.5, 0.6) is 0 Å². The van der Waals surface area contributed by atoms with Crippen LogP contribution in [0.25, 0.3) is 0 Å². The number of anilines is 1. The van der Waals surface area contributed by atoms with Crippen molar-refractivity contribution < 1.29 is 14.0 Å². The van der Waals surface area contributed by atoms with Crippen LogP contribution >= 0.6 is 11.3 Å². The standard InChI is InChI=1S/C20H19FN4O2S/c1-13-3-2-4-14(11-13)12-22-17(26)9-10-18-24-25-20(28-18)19(27)23-16-7-5-15(21)6-8-16/h2-8,11H,9-10,12H2,1H3,(H,22,26)(H,23,27). The maximum absolute atomic E-state index is 12.9. The van der Waals surface area contributed by atoms with Gasteiger partial charge in [0.2, 0.25) is 10.9 Å². The molecule has 0 aliphatic carbocycles. The molecule has 0 atom stereocenters. The Hall–Kier alpha value is -3.13. The van der Waals surface area contributed by atoms with E-state index in [1.807, 2.05) is 31.2 Å². The van der Waals surface area contributed by atoms with Gasteiger partial charge >= 0.3 is 0 Å². The Morgan fingerprint density at radius 3 is 2.64 bits per heavy atom. The van der Waals surface area contributed by atoms with Crippen LogP contribution in [-0.2, 0) is 17.8 Å². The van der Waals surface area contributed by atoms with Gasteiger partial charge < -0.3 is 10.6 Å². The molecular formula is C20H19FN4O2S. The van der Waals surface area contributed by atoms with E-state index in [1.165, 1.54) is 24.3 Å². The first-order valence-electron chi connectivity index (χ1n) is 8.71. The zero-order valence-electron chi connectivity index (χ0n) is 15.2. The van der Waals surface area contributed by atoms with E-state index in [9.17, 15) is 14.0 Å². The van der Waals surface area contributed by atoms with Crippen molar-refractivity contribution in [3.8, 4) is 0 Å². The van der Waals surface area contributed by atoms with Crippen molar-refractivity contribution in [1.29, 1.82) is 0 Å². The summed E-state index contributed by atoms with van der Waals surface area (Å²) in [7, 11) is 0. The second-order valence-corrected chi connectivity index (χ2v) is 7.29. The van der Waals surface area contributed by atoms with Crippen molar-refractivity contribution in [2.45, 2.75) is 26.3 Å². The van der Waals surface area contributed by atoms with Crippen LogP contribution in [0.3, 0.4) is 0 Å². The summed E-state index contributed by atoms with van der Waals surface area (Å²) in [6.45, 7) is 2.48. The van der Waals surface area contributed by atoms with E-state index in [1.54, 1.807) is 0 Å². The molecule has 0 aliphatic heterocycles. The first-order chi connectivity index (χ1) is 13.5. The molecule has 6 nitrogen and oxygen atoms in total. The Bertz CT molecular complexity index is 972. The van der Waals surface area contributed by atoms with E-state index in [0.717, 1.165) is 22.5 Å². The van der Waals surface area contributed by atoms with Gasteiger partial charge in [-0.3, -0.25) is 9.59 Å². The molecule has 1 heterocycles. The summed E-state index contributed by atoms with van der Waals surface area (Å²) in [5.41, 5.74) is 2.66. The molecule has 1 aromatic heterocycles. The fourth-order valence-corrected chi connectivity index (χ4v) is 3.23. The zero-order chi connectivity index (χ0) is 19.9. The number of hydrogen-bond donors (Lipinski definition) is 2. The number of carbonyl (C=O) groups is 2. The van der Waals surface area contributed by atoms with Gasteiger partial charge in [0.15, 0.2) is 0 Å². The number of nitrogens with one attached hydrogen (secondary N) is 2. The van der Waals surface area contributed by atoms with Crippen LogP contribution in [0.15, 0.2) is 48.5 Å². The third kappa shape index (κ3) is 5.68. The van der Waals surface area contributed by atoms with Crippen molar-refractivity contribution >= 4 is 28.8 Å². The topological polar surface area (TPSA) is 84.0 Å². The average Bonchev–Trinajstić information content (AvgIpc) is 3.16. The smallest absolute Gasteiger partial charge is 0.286 e. The van der Waals surface area contributed by atoms with Crippen molar-refractivity contribution in [1.82, 2.24) is 15.5 Å². The SMILES string of the molecule is Cc1cccc(CNC(=O)CCc2nnc(C(=O)Nc3ccc(F)cc3)s2)c1. The predicted octanol–water partition coefficient (Wildman–Crippen LogP) is 3.49. The fourth-order valence-electron chi connectivity index (χ4n) is 2.50. The van der Waals surface area contributed by atoms with Gasteiger partial charge in [-0.1, -0.05) is 41.2 Å². The van der Waals surface area contributed by atoms with Crippen LogP contribution in [0.4, 0.5) is 10.1 Å². The molecule has 0 spiro atoms. The third-order valence-corrected chi connectivity index (χ3v) is 4.88. The molecule has 3 aromatic rings. The van der Waals surface area contributed by atoms with Crippen LogP contribution in [0, 0.1) is 12.7 Å². The van der Waals surface area contributed by atoms with Gasteiger partial charge in [-0.15, -0.1) is 10.2 Å². The molecule has 0 saturated carbocycles. The van der Waals surface area contributed by atoms with Gasteiger partial charge in [-0.25, -0.2) is 4.39 Å². The largest absolute Gasteiger partial charge is 0.352 e. The van der Waals surface area contributed by atoms with E-state index >= 15 is 0 Å². The number of nitrogens with zero attached hydrogens (tertiary/aromatic N) is 2. The molecule has 0 radical (unpaired) electrons. The molecule has 2 amide bonds. The lowest BCUT2D eigenvalue weighted by Gasteiger charge is -2.05. The number of rotatable bonds is 7. The number of hydrogen-bond acceptors (Lipinski definition) is 5. The van der Waals surface area contributed by atoms with Gasteiger partial charge in [0, 0.05) is 25.1 Å². The van der Waals surface area contributed by atoms with Crippen molar-refractivity contribution in [2.24, 2.45) is 0 Å². The number of benzene rings is 2. The molecule has 144 valence electrons. The summed E-state index contributed by atoms with van der Waals surface area (Å²) in [6, 6.07) is 13.4. The monoisotopic (exact) mass is 398 g/mol. The highest BCUT2D eigenvalue weighted by Gasteiger charge is 2.14. The minimum absolute atomic E-state index is 0.0889. The first-order valence-corrected chi connectivity index (χ1v) is 9.53. The molecule has 28 heavy (non-hydrogen) atoms. The van der Waals surface area contributed by atoms with Gasteiger partial charge in [-0.2, -0.15) is 0 Å². The predicted molar refractivity (Wildman–Crippen MR) is 106 cm³/mol. The van der Waals surface area contributed by atoms with Gasteiger partial charge in [0.25, 0.3) is 5.91 Å². The molecule has 2 N–H and O–H groups in total. The first kappa shape index (κ1) is 19.6. The minimum Gasteiger partial charge on any atom is -0.352 e. The molecule has 0 aliphatic rings. The van der Waals surface area contributed by atoms with E-state index in [0.29, 0.717) is 23.7 Å². The summed E-state index contributed by atoms with van der Waals surface area (Å²) in [6.07, 6.45) is 0.668. The van der Waals surface area contributed by atoms with Crippen LogP contribution in [0.1, 0.15) is 32.4 Å². The normalized spacial score (nSPS) is 10.5. The molecule has 0 saturated heterocycles. The van der Waals surface area contributed by atoms with E-state index in [2.05, 4.69) is 20.8 Å². The highest BCUT2D eigenvalue weighted by Crippen LogP contribution is 2.15. The zero-order valence-corrected chi connectivity index (χ0v) is 16.1. The molecule has 8 heteroatoms.